The molecule has 1 unspecified atom stereocenters. The maximum absolute atomic E-state index is 11.8. The number of carbonyl (C=O) groups is 2. The number of aromatic nitrogens is 5. The number of alkyl carbamates (subject to hydrolysis) is 1. The zero-order chi connectivity index (χ0) is 27.9. The number of amides is 2. The fraction of sp³-hybridized carbons (Fsp3) is 0.500. The van der Waals surface area contributed by atoms with E-state index in [9.17, 15) is 19.8 Å². The number of nitrogens with one attached hydrogen (secondary N) is 3. The lowest BCUT2D eigenvalue weighted by atomic mass is 9.99. The number of fused-ring (bicyclic) bond motifs is 1. The number of carboxylic acid groups (broad SMARTS) is 1. The monoisotopic (exact) mass is 530 g/mol. The van der Waals surface area contributed by atoms with Crippen molar-refractivity contribution in [2.24, 2.45) is 0 Å². The molecule has 206 valence electrons. The van der Waals surface area contributed by atoms with E-state index in [1.54, 1.807) is 30.7 Å². The SMILES string of the molecule is CCCC(CCO)Nc1nc(NC(=O)O)nc2cnn(Cc3nc(C(C)(C)NC(=O)OC)ccc3OC)c12. The van der Waals surface area contributed by atoms with E-state index in [0.29, 0.717) is 40.4 Å². The number of hydrogen-bond donors (Lipinski definition) is 5. The molecule has 0 bridgehead atoms. The van der Waals surface area contributed by atoms with Crippen LogP contribution in [-0.4, -0.2) is 74.0 Å². The van der Waals surface area contributed by atoms with Gasteiger partial charge in [-0.05, 0) is 38.8 Å². The molecular weight excluding hydrogens is 496 g/mol. The van der Waals surface area contributed by atoms with E-state index >= 15 is 0 Å². The van der Waals surface area contributed by atoms with Crippen LogP contribution in [0.25, 0.3) is 11.0 Å². The van der Waals surface area contributed by atoms with Gasteiger partial charge in [0.25, 0.3) is 0 Å². The predicted molar refractivity (Wildman–Crippen MR) is 139 cm³/mol. The molecule has 5 N–H and O–H groups in total. The second-order valence-electron chi connectivity index (χ2n) is 9.09. The van der Waals surface area contributed by atoms with E-state index in [4.69, 9.17) is 14.5 Å². The molecule has 0 aliphatic carbocycles. The number of carbonyl (C=O) groups excluding carboxylic acids is 1. The number of pyridine rings is 1. The lowest BCUT2D eigenvalue weighted by Crippen LogP contribution is -2.41. The van der Waals surface area contributed by atoms with E-state index in [1.807, 2.05) is 6.92 Å². The number of aliphatic hydroxyl groups excluding tert-OH is 1. The van der Waals surface area contributed by atoms with E-state index in [-0.39, 0.29) is 25.1 Å². The summed E-state index contributed by atoms with van der Waals surface area (Å²) in [5.74, 6) is 0.778. The summed E-state index contributed by atoms with van der Waals surface area (Å²) in [7, 11) is 2.82. The summed E-state index contributed by atoms with van der Waals surface area (Å²) in [4.78, 5) is 36.5. The average Bonchev–Trinajstić information content (AvgIpc) is 3.26. The highest BCUT2D eigenvalue weighted by Gasteiger charge is 2.27. The highest BCUT2D eigenvalue weighted by atomic mass is 16.5. The molecular formula is C24H34N8O6. The minimum Gasteiger partial charge on any atom is -0.495 e. The zero-order valence-corrected chi connectivity index (χ0v) is 22.1. The highest BCUT2D eigenvalue weighted by Crippen LogP contribution is 2.28. The first kappa shape index (κ1) is 28.4. The largest absolute Gasteiger partial charge is 0.495 e. The molecule has 0 saturated carbocycles. The molecule has 3 aromatic rings. The van der Waals surface area contributed by atoms with Crippen LogP contribution in [0, 0.1) is 0 Å². The maximum Gasteiger partial charge on any atom is 0.411 e. The van der Waals surface area contributed by atoms with Gasteiger partial charge in [0.15, 0.2) is 5.82 Å². The van der Waals surface area contributed by atoms with Crippen LogP contribution in [0.15, 0.2) is 18.3 Å². The molecule has 0 aliphatic heterocycles. The predicted octanol–water partition coefficient (Wildman–Crippen LogP) is 2.92. The Labute approximate surface area is 219 Å². The van der Waals surface area contributed by atoms with Crippen molar-refractivity contribution >= 4 is 35.0 Å². The molecule has 0 fully saturated rings. The van der Waals surface area contributed by atoms with Crippen LogP contribution in [0.4, 0.5) is 21.4 Å². The van der Waals surface area contributed by atoms with Gasteiger partial charge in [-0.3, -0.25) is 10.00 Å². The van der Waals surface area contributed by atoms with Gasteiger partial charge in [-0.15, -0.1) is 0 Å². The zero-order valence-electron chi connectivity index (χ0n) is 22.1. The van der Waals surface area contributed by atoms with Crippen LogP contribution in [0.3, 0.4) is 0 Å². The quantitative estimate of drug-likeness (QED) is 0.232. The fourth-order valence-electron chi connectivity index (χ4n) is 4.01. The lowest BCUT2D eigenvalue weighted by Gasteiger charge is -2.26. The van der Waals surface area contributed by atoms with Gasteiger partial charge in [-0.2, -0.15) is 10.1 Å². The summed E-state index contributed by atoms with van der Waals surface area (Å²) < 4.78 is 11.9. The van der Waals surface area contributed by atoms with Crippen molar-refractivity contribution in [2.45, 2.75) is 58.2 Å². The van der Waals surface area contributed by atoms with E-state index in [0.717, 1.165) is 12.8 Å². The summed E-state index contributed by atoms with van der Waals surface area (Å²) in [6, 6.07) is 3.40. The second-order valence-corrected chi connectivity index (χ2v) is 9.09. The van der Waals surface area contributed by atoms with Crippen molar-refractivity contribution in [3.63, 3.8) is 0 Å². The summed E-state index contributed by atoms with van der Waals surface area (Å²) in [6.45, 7) is 5.78. The number of hydrogen-bond acceptors (Lipinski definition) is 10. The van der Waals surface area contributed by atoms with Gasteiger partial charge in [0.2, 0.25) is 5.95 Å². The lowest BCUT2D eigenvalue weighted by molar-refractivity contribution is 0.159. The van der Waals surface area contributed by atoms with Gasteiger partial charge < -0.3 is 30.3 Å². The molecule has 3 rings (SSSR count). The van der Waals surface area contributed by atoms with Crippen molar-refractivity contribution in [3.05, 3.63) is 29.7 Å². The fourth-order valence-corrected chi connectivity index (χ4v) is 4.01. The smallest absolute Gasteiger partial charge is 0.411 e. The van der Waals surface area contributed by atoms with Crippen LogP contribution in [-0.2, 0) is 16.8 Å². The highest BCUT2D eigenvalue weighted by molar-refractivity contribution is 5.89. The summed E-state index contributed by atoms with van der Waals surface area (Å²) in [6.07, 6.45) is 1.74. The number of aliphatic hydroxyl groups is 1. The average molecular weight is 531 g/mol. The Balaban J connectivity index is 2.07. The summed E-state index contributed by atoms with van der Waals surface area (Å²) >= 11 is 0. The molecule has 0 radical (unpaired) electrons. The third-order valence-corrected chi connectivity index (χ3v) is 5.85. The molecule has 0 spiro atoms. The molecule has 0 saturated heterocycles. The number of ether oxygens (including phenoxy) is 2. The van der Waals surface area contributed by atoms with Crippen molar-refractivity contribution in [2.75, 3.05) is 31.5 Å². The van der Waals surface area contributed by atoms with E-state index in [1.165, 1.54) is 20.4 Å². The van der Waals surface area contributed by atoms with Crippen LogP contribution in [0.2, 0.25) is 0 Å². The molecule has 2 amide bonds. The molecule has 3 aromatic heterocycles. The van der Waals surface area contributed by atoms with E-state index in [2.05, 4.69) is 31.0 Å². The topological polar surface area (TPSA) is 186 Å². The Morgan fingerprint density at radius 1 is 1.16 bits per heavy atom. The van der Waals surface area contributed by atoms with Crippen molar-refractivity contribution < 1.29 is 29.3 Å². The Morgan fingerprint density at radius 2 is 1.92 bits per heavy atom. The van der Waals surface area contributed by atoms with Crippen molar-refractivity contribution in [1.29, 1.82) is 0 Å². The van der Waals surface area contributed by atoms with Gasteiger partial charge in [0, 0.05) is 12.6 Å². The minimum absolute atomic E-state index is 0.0192. The van der Waals surface area contributed by atoms with Crippen molar-refractivity contribution in [1.82, 2.24) is 30.0 Å². The molecule has 14 heteroatoms. The second kappa shape index (κ2) is 12.4. The molecule has 14 nitrogen and oxygen atoms in total. The van der Waals surface area contributed by atoms with Gasteiger partial charge >= 0.3 is 12.2 Å². The molecule has 0 aromatic carbocycles. The normalized spacial score (nSPS) is 12.2. The summed E-state index contributed by atoms with van der Waals surface area (Å²) in [5.41, 5.74) is 1.21. The van der Waals surface area contributed by atoms with Crippen LogP contribution < -0.4 is 20.7 Å². The molecule has 1 atom stereocenters. The number of rotatable bonds is 12. The minimum atomic E-state index is -1.29. The maximum atomic E-state index is 11.8. The van der Waals surface area contributed by atoms with Crippen LogP contribution in [0.5, 0.6) is 5.75 Å². The standard InChI is InChI=1S/C24H34N8O6/c1-6-7-14(10-11-33)26-20-19-15(28-21(29-20)30-22(34)35)12-25-32(19)13-16-17(37-4)8-9-18(27-16)24(2,3)31-23(36)38-5/h8-9,12,14,33H,6-7,10-11,13H2,1-5H3,(H,31,36)(H,34,35)(H2,26,28,29,30). The first-order valence-corrected chi connectivity index (χ1v) is 12.1. The molecule has 38 heavy (non-hydrogen) atoms. The van der Waals surface area contributed by atoms with Gasteiger partial charge in [0.1, 0.15) is 22.5 Å². The Morgan fingerprint density at radius 3 is 2.55 bits per heavy atom. The third kappa shape index (κ3) is 6.76. The van der Waals surface area contributed by atoms with Gasteiger partial charge in [-0.1, -0.05) is 13.3 Å². The van der Waals surface area contributed by atoms with Gasteiger partial charge in [0.05, 0.1) is 38.2 Å². The first-order chi connectivity index (χ1) is 18.1. The van der Waals surface area contributed by atoms with E-state index < -0.39 is 17.7 Å². The van der Waals surface area contributed by atoms with Crippen LogP contribution >= 0.6 is 0 Å². The van der Waals surface area contributed by atoms with Crippen LogP contribution in [0.1, 0.15) is 51.4 Å². The summed E-state index contributed by atoms with van der Waals surface area (Å²) in [5, 5.41) is 31.4. The number of anilines is 2. The Bertz CT molecular complexity index is 1270. The third-order valence-electron chi connectivity index (χ3n) is 5.85. The van der Waals surface area contributed by atoms with Crippen molar-refractivity contribution in [3.8, 4) is 5.75 Å². The molecule has 0 aliphatic rings. The number of nitrogens with zero attached hydrogens (tertiary/aromatic N) is 5. The Hall–Kier alpha value is -4.20. The Kier molecular flexibility index (Phi) is 9.23. The molecule has 3 heterocycles. The first-order valence-electron chi connectivity index (χ1n) is 12.1. The van der Waals surface area contributed by atoms with Gasteiger partial charge in [-0.25, -0.2) is 19.6 Å². The number of methoxy groups -OCH3 is 2.